The van der Waals surface area contributed by atoms with E-state index >= 15 is 0 Å². The Bertz CT molecular complexity index is 1300. The summed E-state index contributed by atoms with van der Waals surface area (Å²) in [4.78, 5) is 14.4. The number of rotatable bonds is 8. The van der Waals surface area contributed by atoms with Crippen LogP contribution in [0.3, 0.4) is 0 Å². The zero-order valence-corrected chi connectivity index (χ0v) is 22.1. The highest BCUT2D eigenvalue weighted by Crippen LogP contribution is 2.37. The Kier molecular flexibility index (Phi) is 7.92. The van der Waals surface area contributed by atoms with Crippen molar-refractivity contribution in [2.24, 2.45) is 0 Å². The number of halogens is 3. The van der Waals surface area contributed by atoms with E-state index in [4.69, 9.17) is 9.57 Å². The van der Waals surface area contributed by atoms with Crippen molar-refractivity contribution in [3.05, 3.63) is 70.4 Å². The largest absolute Gasteiger partial charge is 0.491 e. The lowest BCUT2D eigenvalue weighted by Crippen LogP contribution is -2.54. The molecule has 2 N–H and O–H groups in total. The monoisotopic (exact) mass is 548 g/mol. The lowest BCUT2D eigenvalue weighted by molar-refractivity contribution is -0.139. The van der Waals surface area contributed by atoms with Crippen LogP contribution in [0.1, 0.15) is 29.2 Å². The van der Waals surface area contributed by atoms with E-state index in [-0.39, 0.29) is 18.2 Å². The first-order valence-electron chi connectivity index (χ1n) is 12.6. The first kappa shape index (κ1) is 26.9. The SMILES string of the molecule is Cc1nc2cc(OC[C@H](O)CN3CCN(CC4=CC(c5ccccc5C(F)(F)F)ON4)C[C@@H]3C)ccc2s1. The number of piperazine rings is 1. The zero-order chi connectivity index (χ0) is 26.9. The molecule has 1 unspecified atom stereocenters. The van der Waals surface area contributed by atoms with E-state index in [1.807, 2.05) is 25.1 Å². The molecule has 0 saturated carbocycles. The Labute approximate surface area is 223 Å². The maximum Gasteiger partial charge on any atom is 0.416 e. The quantitative estimate of drug-likeness (QED) is 0.429. The second kappa shape index (κ2) is 11.2. The number of thiazole rings is 1. The highest BCUT2D eigenvalue weighted by Gasteiger charge is 2.36. The van der Waals surface area contributed by atoms with Crippen LogP contribution in [-0.2, 0) is 11.0 Å². The van der Waals surface area contributed by atoms with Crippen LogP contribution in [0, 0.1) is 6.92 Å². The number of ether oxygens (including phenoxy) is 1. The van der Waals surface area contributed by atoms with Crippen LogP contribution in [-0.4, -0.2) is 71.4 Å². The summed E-state index contributed by atoms with van der Waals surface area (Å²) in [5, 5.41) is 11.6. The van der Waals surface area contributed by atoms with Gasteiger partial charge in [0, 0.05) is 44.8 Å². The van der Waals surface area contributed by atoms with E-state index < -0.39 is 23.9 Å². The van der Waals surface area contributed by atoms with Crippen molar-refractivity contribution >= 4 is 21.6 Å². The van der Waals surface area contributed by atoms with Crippen LogP contribution in [0.5, 0.6) is 5.75 Å². The molecule has 2 aromatic carbocycles. The average molecular weight is 549 g/mol. The third kappa shape index (κ3) is 6.29. The predicted molar refractivity (Wildman–Crippen MR) is 140 cm³/mol. The number of aliphatic hydroxyl groups excluding tert-OH is 1. The normalized spacial score (nSPS) is 21.9. The molecular formula is C27H31F3N4O3S. The first-order chi connectivity index (χ1) is 18.2. The summed E-state index contributed by atoms with van der Waals surface area (Å²) < 4.78 is 47.1. The van der Waals surface area contributed by atoms with Gasteiger partial charge >= 0.3 is 6.18 Å². The summed E-state index contributed by atoms with van der Waals surface area (Å²) in [6, 6.07) is 11.5. The molecule has 7 nitrogen and oxygen atoms in total. The van der Waals surface area contributed by atoms with Gasteiger partial charge in [-0.3, -0.25) is 20.1 Å². The minimum absolute atomic E-state index is 0.0958. The minimum Gasteiger partial charge on any atom is -0.491 e. The lowest BCUT2D eigenvalue weighted by atomic mass is 10.0. The fourth-order valence-electron chi connectivity index (χ4n) is 4.99. The van der Waals surface area contributed by atoms with Crippen molar-refractivity contribution in [3.63, 3.8) is 0 Å². The Morgan fingerprint density at radius 2 is 2.05 bits per heavy atom. The summed E-state index contributed by atoms with van der Waals surface area (Å²) in [7, 11) is 0. The molecule has 0 aliphatic carbocycles. The number of aryl methyl sites for hydroxylation is 1. The Balaban J connectivity index is 1.10. The molecule has 1 fully saturated rings. The maximum absolute atomic E-state index is 13.4. The van der Waals surface area contributed by atoms with Gasteiger partial charge in [0.1, 0.15) is 24.6 Å². The molecule has 3 aromatic rings. The van der Waals surface area contributed by atoms with Crippen LogP contribution >= 0.6 is 11.3 Å². The molecule has 204 valence electrons. The summed E-state index contributed by atoms with van der Waals surface area (Å²) in [6.45, 7) is 7.59. The van der Waals surface area contributed by atoms with Crippen molar-refractivity contribution in [3.8, 4) is 5.75 Å². The van der Waals surface area contributed by atoms with E-state index in [1.54, 1.807) is 23.5 Å². The molecule has 38 heavy (non-hydrogen) atoms. The third-order valence-corrected chi connectivity index (χ3v) is 7.79. The fraction of sp³-hybridized carbons (Fsp3) is 0.444. The number of aromatic nitrogens is 1. The van der Waals surface area contributed by atoms with Gasteiger partial charge in [-0.15, -0.1) is 11.3 Å². The molecule has 2 aliphatic rings. The number of nitrogens with zero attached hydrogens (tertiary/aromatic N) is 3. The summed E-state index contributed by atoms with van der Waals surface area (Å²) in [6.07, 6.45) is -4.16. The highest BCUT2D eigenvalue weighted by atomic mass is 32.1. The van der Waals surface area contributed by atoms with Gasteiger partial charge < -0.3 is 9.84 Å². The average Bonchev–Trinajstić information content (AvgIpc) is 3.49. The molecule has 5 rings (SSSR count). The van der Waals surface area contributed by atoms with Gasteiger partial charge in [0.15, 0.2) is 0 Å². The van der Waals surface area contributed by atoms with Gasteiger partial charge in [-0.05, 0) is 43.7 Å². The van der Waals surface area contributed by atoms with Gasteiger partial charge in [-0.25, -0.2) is 4.98 Å². The molecule has 0 bridgehead atoms. The molecule has 3 heterocycles. The highest BCUT2D eigenvalue weighted by molar-refractivity contribution is 7.18. The van der Waals surface area contributed by atoms with Crippen molar-refractivity contribution in [2.45, 2.75) is 38.3 Å². The molecule has 0 radical (unpaired) electrons. The molecule has 1 saturated heterocycles. The Morgan fingerprint density at radius 1 is 1.24 bits per heavy atom. The molecule has 3 atom stereocenters. The smallest absolute Gasteiger partial charge is 0.416 e. The van der Waals surface area contributed by atoms with E-state index in [0.29, 0.717) is 18.8 Å². The number of hydrogen-bond acceptors (Lipinski definition) is 8. The van der Waals surface area contributed by atoms with Crippen molar-refractivity contribution in [1.82, 2.24) is 20.3 Å². The Hall–Kier alpha value is -2.70. The second-order valence-electron chi connectivity index (χ2n) is 9.82. The van der Waals surface area contributed by atoms with Crippen LogP contribution in [0.15, 0.2) is 54.2 Å². The fourth-order valence-corrected chi connectivity index (χ4v) is 5.79. The molecular weight excluding hydrogens is 517 g/mol. The molecule has 11 heteroatoms. The van der Waals surface area contributed by atoms with Crippen molar-refractivity contribution < 1.29 is 27.9 Å². The van der Waals surface area contributed by atoms with Crippen LogP contribution < -0.4 is 10.2 Å². The number of benzene rings is 2. The summed E-state index contributed by atoms with van der Waals surface area (Å²) >= 11 is 1.64. The number of hydroxylamine groups is 1. The van der Waals surface area contributed by atoms with Gasteiger partial charge in [-0.2, -0.15) is 13.2 Å². The third-order valence-electron chi connectivity index (χ3n) is 6.84. The Morgan fingerprint density at radius 3 is 2.84 bits per heavy atom. The van der Waals surface area contributed by atoms with Crippen molar-refractivity contribution in [2.75, 3.05) is 39.3 Å². The number of nitrogens with one attached hydrogen (secondary N) is 1. The van der Waals surface area contributed by atoms with Crippen molar-refractivity contribution in [1.29, 1.82) is 0 Å². The van der Waals surface area contributed by atoms with Gasteiger partial charge in [0.2, 0.25) is 0 Å². The van der Waals surface area contributed by atoms with Gasteiger partial charge in [-0.1, -0.05) is 18.2 Å². The lowest BCUT2D eigenvalue weighted by Gasteiger charge is -2.40. The number of β-amino-alcohol motifs (C(OH)–C–C–N with tert-alkyl or cyclic N) is 1. The van der Waals surface area contributed by atoms with E-state index in [2.05, 4.69) is 27.2 Å². The van der Waals surface area contributed by atoms with Gasteiger partial charge in [0.25, 0.3) is 0 Å². The van der Waals surface area contributed by atoms with E-state index in [9.17, 15) is 18.3 Å². The number of aliphatic hydroxyl groups is 1. The van der Waals surface area contributed by atoms with Gasteiger partial charge in [0.05, 0.1) is 26.5 Å². The zero-order valence-electron chi connectivity index (χ0n) is 21.2. The standard InChI is InChI=1S/C27H31F3N4O3S/c1-17-13-33(14-19-11-25(37-32-19)22-5-3-4-6-23(22)27(28,29)30)9-10-34(17)15-20(35)16-36-21-7-8-26-24(12-21)31-18(2)38-26/h3-8,11-12,17,20,25,32,35H,9-10,13-16H2,1-2H3/t17-,20+,25?/m0/s1. The minimum atomic E-state index is -4.44. The topological polar surface area (TPSA) is 70.1 Å². The number of alkyl halides is 3. The number of fused-ring (bicyclic) bond motifs is 1. The van der Waals surface area contributed by atoms with E-state index in [0.717, 1.165) is 46.6 Å². The second-order valence-corrected chi connectivity index (χ2v) is 11.1. The summed E-state index contributed by atoms with van der Waals surface area (Å²) in [5.41, 5.74) is 3.87. The molecule has 0 amide bonds. The van der Waals surface area contributed by atoms with Crippen LogP contribution in [0.2, 0.25) is 0 Å². The first-order valence-corrected chi connectivity index (χ1v) is 13.4. The molecule has 2 aliphatic heterocycles. The molecule has 0 spiro atoms. The van der Waals surface area contributed by atoms with E-state index in [1.165, 1.54) is 12.1 Å². The summed E-state index contributed by atoms with van der Waals surface area (Å²) in [5.74, 6) is 0.690. The predicted octanol–water partition coefficient (Wildman–Crippen LogP) is 4.53. The molecule has 1 aromatic heterocycles. The number of hydrogen-bond donors (Lipinski definition) is 2. The van der Waals surface area contributed by atoms with Crippen LogP contribution in [0.25, 0.3) is 10.2 Å². The maximum atomic E-state index is 13.4. The van der Waals surface area contributed by atoms with Crippen LogP contribution in [0.4, 0.5) is 13.2 Å².